The molecule has 0 bridgehead atoms. The number of ether oxygens (including phenoxy) is 6. The van der Waals surface area contributed by atoms with Crippen molar-refractivity contribution in [2.45, 2.75) is 16.9 Å². The molecule has 0 spiro atoms. The van der Waals surface area contributed by atoms with Gasteiger partial charge in [-0.15, -0.1) is 0 Å². The summed E-state index contributed by atoms with van der Waals surface area (Å²) in [5, 5.41) is 3.83. The van der Waals surface area contributed by atoms with Crippen LogP contribution in [0.5, 0.6) is 28.7 Å². The Morgan fingerprint density at radius 2 is 1.54 bits per heavy atom. The zero-order chi connectivity index (χ0) is 36.1. The Morgan fingerprint density at radius 3 is 2.23 bits per heavy atom. The summed E-state index contributed by atoms with van der Waals surface area (Å²) in [5.74, 6) is -0.169. The van der Waals surface area contributed by atoms with Crippen molar-refractivity contribution in [3.8, 4) is 28.7 Å². The summed E-state index contributed by atoms with van der Waals surface area (Å²) in [6, 6.07) is 21.2. The first kappa shape index (κ1) is 33.1. The van der Waals surface area contributed by atoms with Gasteiger partial charge in [0.05, 0.1) is 45.4 Å². The Balaban J connectivity index is 1.12. The molecular formula is C38H33N3O10S. The molecule has 1 aliphatic carbocycles. The van der Waals surface area contributed by atoms with Gasteiger partial charge in [0.1, 0.15) is 4.90 Å². The minimum absolute atomic E-state index is 0.0338. The maximum atomic E-state index is 13.9. The number of carbonyl (C=O) groups is 2. The maximum absolute atomic E-state index is 13.9. The van der Waals surface area contributed by atoms with E-state index in [0.29, 0.717) is 39.7 Å². The number of para-hydroxylation sites is 1. The van der Waals surface area contributed by atoms with Crippen LogP contribution in [0.2, 0.25) is 0 Å². The van der Waals surface area contributed by atoms with Gasteiger partial charge in [-0.05, 0) is 77.4 Å². The van der Waals surface area contributed by atoms with E-state index in [1.165, 1.54) is 57.9 Å². The van der Waals surface area contributed by atoms with Crippen molar-refractivity contribution in [3.63, 3.8) is 0 Å². The molecule has 1 aromatic heterocycles. The minimum atomic E-state index is -3.99. The fraction of sp³-hybridized carbons (Fsp3) is 0.237. The lowest BCUT2D eigenvalue weighted by atomic mass is 9.65. The van der Waals surface area contributed by atoms with E-state index in [0.717, 1.165) is 16.7 Å². The largest absolute Gasteiger partial charge is 0.493 e. The highest BCUT2D eigenvalue weighted by Crippen LogP contribution is 2.55. The summed E-state index contributed by atoms with van der Waals surface area (Å²) in [7, 11) is 0.572. The van der Waals surface area contributed by atoms with Crippen LogP contribution < -0.4 is 33.7 Å². The number of sulfonamides is 1. The summed E-state index contributed by atoms with van der Waals surface area (Å²) in [4.78, 5) is 31.7. The molecule has 0 saturated carbocycles. The molecule has 4 atom stereocenters. The predicted octanol–water partition coefficient (Wildman–Crippen LogP) is 5.20. The van der Waals surface area contributed by atoms with Crippen LogP contribution in [0, 0.1) is 11.8 Å². The number of hydrogen-bond acceptors (Lipinski definition) is 11. The van der Waals surface area contributed by atoms with Gasteiger partial charge in [0.15, 0.2) is 23.0 Å². The third-order valence-electron chi connectivity index (χ3n) is 9.80. The third kappa shape index (κ3) is 5.55. The van der Waals surface area contributed by atoms with E-state index in [4.69, 9.17) is 28.4 Å². The lowest BCUT2D eigenvalue weighted by Crippen LogP contribution is -2.42. The van der Waals surface area contributed by atoms with E-state index in [9.17, 15) is 18.0 Å². The van der Waals surface area contributed by atoms with Gasteiger partial charge in [0.25, 0.3) is 15.9 Å². The molecule has 3 aliphatic rings. The molecule has 14 heteroatoms. The van der Waals surface area contributed by atoms with Crippen LogP contribution in [-0.4, -0.2) is 60.0 Å². The van der Waals surface area contributed by atoms with Gasteiger partial charge >= 0.3 is 5.97 Å². The summed E-state index contributed by atoms with van der Waals surface area (Å²) in [6.45, 7) is 0.110. The fourth-order valence-corrected chi connectivity index (χ4v) is 8.69. The van der Waals surface area contributed by atoms with Crippen molar-refractivity contribution >= 4 is 38.5 Å². The number of anilines is 1. The van der Waals surface area contributed by atoms with E-state index < -0.39 is 45.7 Å². The number of nitrogens with zero attached hydrogens (tertiary/aromatic N) is 1. The highest BCUT2D eigenvalue weighted by atomic mass is 32.2. The number of rotatable bonds is 9. The number of cyclic esters (lactones) is 1. The van der Waals surface area contributed by atoms with Gasteiger partial charge in [-0.1, -0.05) is 18.2 Å². The maximum Gasteiger partial charge on any atom is 0.310 e. The van der Waals surface area contributed by atoms with Crippen molar-refractivity contribution in [2.75, 3.05) is 39.5 Å². The zero-order valence-corrected chi connectivity index (χ0v) is 29.1. The molecule has 13 nitrogen and oxygen atoms in total. The van der Waals surface area contributed by atoms with Crippen LogP contribution in [0.1, 0.15) is 39.0 Å². The number of benzene rings is 4. The number of fused-ring (bicyclic) bond motifs is 4. The summed E-state index contributed by atoms with van der Waals surface area (Å²) in [5.41, 5.74) is 3.11. The molecule has 1 amide bonds. The molecule has 0 radical (unpaired) electrons. The van der Waals surface area contributed by atoms with E-state index in [2.05, 4.69) is 15.0 Å². The molecule has 4 aromatic carbocycles. The van der Waals surface area contributed by atoms with E-state index in [1.54, 1.807) is 24.3 Å². The molecule has 1 saturated heterocycles. The second kappa shape index (κ2) is 12.9. The van der Waals surface area contributed by atoms with Crippen LogP contribution in [0.4, 0.5) is 5.69 Å². The average Bonchev–Trinajstić information content (AvgIpc) is 3.79. The number of amides is 1. The second-order valence-electron chi connectivity index (χ2n) is 12.6. The van der Waals surface area contributed by atoms with Crippen LogP contribution in [0.3, 0.4) is 0 Å². The van der Waals surface area contributed by atoms with Crippen molar-refractivity contribution in [1.29, 1.82) is 0 Å². The highest BCUT2D eigenvalue weighted by molar-refractivity contribution is 7.93. The third-order valence-corrected chi connectivity index (χ3v) is 11.2. The fourth-order valence-electron chi connectivity index (χ4n) is 7.45. The molecule has 8 rings (SSSR count). The minimum Gasteiger partial charge on any atom is -0.493 e. The molecule has 3 heterocycles. The van der Waals surface area contributed by atoms with Gasteiger partial charge in [-0.25, -0.2) is 8.42 Å². The summed E-state index contributed by atoms with van der Waals surface area (Å²) in [6.07, 6.45) is 1.54. The summed E-state index contributed by atoms with van der Waals surface area (Å²) >= 11 is 0. The Kier molecular flexibility index (Phi) is 8.25. The lowest BCUT2D eigenvalue weighted by molar-refractivity contribution is -0.141. The Labute approximate surface area is 298 Å². The van der Waals surface area contributed by atoms with Crippen molar-refractivity contribution in [2.24, 2.45) is 11.8 Å². The number of hydrogen-bond donors (Lipinski definition) is 2. The Morgan fingerprint density at radius 1 is 0.846 bits per heavy atom. The normalized spacial score (nSPS) is 20.0. The van der Waals surface area contributed by atoms with Gasteiger partial charge in [-0.3, -0.25) is 19.3 Å². The van der Waals surface area contributed by atoms with Crippen LogP contribution in [0.15, 0.2) is 90.0 Å². The van der Waals surface area contributed by atoms with Gasteiger partial charge < -0.3 is 33.7 Å². The van der Waals surface area contributed by atoms with Gasteiger partial charge in [0.2, 0.25) is 12.5 Å². The van der Waals surface area contributed by atoms with Gasteiger partial charge in [-0.2, -0.15) is 0 Å². The van der Waals surface area contributed by atoms with Crippen LogP contribution in [-0.2, 0) is 19.6 Å². The number of nitrogens with one attached hydrogen (secondary N) is 2. The van der Waals surface area contributed by atoms with E-state index >= 15 is 0 Å². The Hall–Kier alpha value is -6.02. The first-order chi connectivity index (χ1) is 25.2. The number of methoxy groups -OCH3 is 3. The van der Waals surface area contributed by atoms with Crippen LogP contribution in [0.25, 0.3) is 10.9 Å². The first-order valence-corrected chi connectivity index (χ1v) is 17.9. The molecule has 5 aromatic rings. The number of pyridine rings is 1. The molecule has 52 heavy (non-hydrogen) atoms. The SMILES string of the molecule is COc1cc([C@@H]2c3cc4c(cc3[C@@H](NC(=O)c3ccc(NS(=O)(=O)c5cccc6cccnc56)cc3)[C@H]3COC(=O)[C@H]23)OCO4)cc(OC)c1OC. The number of aromatic nitrogens is 1. The topological polar surface area (TPSA) is 161 Å². The van der Waals surface area contributed by atoms with Crippen molar-refractivity contribution in [1.82, 2.24) is 10.3 Å². The molecule has 266 valence electrons. The average molecular weight is 724 g/mol. The lowest BCUT2D eigenvalue weighted by Gasteiger charge is -2.39. The van der Waals surface area contributed by atoms with Gasteiger partial charge in [0, 0.05) is 34.7 Å². The smallest absolute Gasteiger partial charge is 0.310 e. The predicted molar refractivity (Wildman–Crippen MR) is 188 cm³/mol. The quantitative estimate of drug-likeness (QED) is 0.193. The standard InChI is InChI=1S/C38H33N3O10S/c1-46-29-14-22(15-30(47-2)36(29)48-3)32-24-16-27-28(51-19-50-27)17-25(24)35(26-18-49-38(43)33(26)32)40-37(42)21-9-11-23(12-10-21)41-52(44,45)31-8-4-6-20-7-5-13-39-34(20)31/h4-17,26,32-33,35,41H,18-19H2,1-3H3,(H,40,42)/t26-,32+,33-,35+/m0/s1. The number of esters is 1. The van der Waals surface area contributed by atoms with E-state index in [-0.39, 0.29) is 29.5 Å². The molecule has 2 N–H and O–H groups in total. The molecule has 2 aliphatic heterocycles. The molecular weight excluding hydrogens is 690 g/mol. The van der Waals surface area contributed by atoms with Crippen molar-refractivity contribution in [3.05, 3.63) is 107 Å². The molecule has 0 unspecified atom stereocenters. The van der Waals surface area contributed by atoms with E-state index in [1.807, 2.05) is 24.3 Å². The molecule has 1 fully saturated rings. The van der Waals surface area contributed by atoms with Crippen LogP contribution >= 0.6 is 0 Å². The highest BCUT2D eigenvalue weighted by Gasteiger charge is 2.53. The van der Waals surface area contributed by atoms with Crippen molar-refractivity contribution < 1.29 is 46.4 Å². The second-order valence-corrected chi connectivity index (χ2v) is 14.2. The number of carbonyl (C=O) groups excluding carboxylic acids is 2. The summed E-state index contributed by atoms with van der Waals surface area (Å²) < 4.78 is 63.3. The Bertz CT molecular complexity index is 2320. The zero-order valence-electron chi connectivity index (χ0n) is 28.2. The monoisotopic (exact) mass is 723 g/mol. The first-order valence-electron chi connectivity index (χ1n) is 16.4.